The number of rotatable bonds is 6. The quantitative estimate of drug-likeness (QED) is 0.646. The van der Waals surface area contributed by atoms with Gasteiger partial charge in [-0.15, -0.1) is 0 Å². The largest absolute Gasteiger partial charge is 0.480 e. The molecule has 0 heterocycles. The molecule has 3 amide bonds. The summed E-state index contributed by atoms with van der Waals surface area (Å²) in [6.45, 7) is 5.28. The number of carboxylic acid groups (broad SMARTS) is 1. The van der Waals surface area contributed by atoms with Crippen LogP contribution in [-0.4, -0.2) is 54.1 Å². The van der Waals surface area contributed by atoms with E-state index in [4.69, 9.17) is 5.11 Å². The second-order valence-corrected chi connectivity index (χ2v) is 5.09. The Kier molecular flexibility index (Phi) is 6.89. The predicted octanol–water partition coefficient (Wildman–Crippen LogP) is 0.262. The molecular weight excluding hydrogens is 250 g/mol. The van der Waals surface area contributed by atoms with Crippen molar-refractivity contribution < 1.29 is 19.5 Å². The summed E-state index contributed by atoms with van der Waals surface area (Å²) in [5.41, 5.74) is 0. The molecule has 0 saturated carbocycles. The van der Waals surface area contributed by atoms with Crippen molar-refractivity contribution in [1.29, 1.82) is 0 Å². The maximum absolute atomic E-state index is 11.6. The van der Waals surface area contributed by atoms with Crippen LogP contribution in [0, 0.1) is 5.92 Å². The average molecular weight is 273 g/mol. The van der Waals surface area contributed by atoms with Gasteiger partial charge in [0.1, 0.15) is 12.1 Å². The van der Waals surface area contributed by atoms with Crippen molar-refractivity contribution in [1.82, 2.24) is 15.5 Å². The summed E-state index contributed by atoms with van der Waals surface area (Å²) in [5.74, 6) is -1.21. The highest BCUT2D eigenvalue weighted by Gasteiger charge is 2.23. The fourth-order valence-corrected chi connectivity index (χ4v) is 1.54. The molecule has 3 N–H and O–H groups in total. The number of aliphatic carboxylic acids is 1. The first-order chi connectivity index (χ1) is 8.65. The molecule has 0 aliphatic carbocycles. The number of nitrogens with one attached hydrogen (secondary N) is 2. The maximum Gasteiger partial charge on any atom is 0.326 e. The van der Waals surface area contributed by atoms with E-state index in [9.17, 15) is 14.4 Å². The van der Waals surface area contributed by atoms with Gasteiger partial charge in [-0.2, -0.15) is 0 Å². The van der Waals surface area contributed by atoms with Crippen molar-refractivity contribution in [3.05, 3.63) is 0 Å². The SMILES string of the molecule is CC(C)C[C@@H](NC(=O)NC(C)C(=O)N(C)C)C(=O)O. The Morgan fingerprint density at radius 2 is 1.63 bits per heavy atom. The Labute approximate surface area is 113 Å². The van der Waals surface area contributed by atoms with E-state index in [2.05, 4.69) is 10.6 Å². The molecule has 0 aliphatic heterocycles. The van der Waals surface area contributed by atoms with Gasteiger partial charge in [0.15, 0.2) is 0 Å². The van der Waals surface area contributed by atoms with Gasteiger partial charge in [-0.1, -0.05) is 13.8 Å². The van der Waals surface area contributed by atoms with Crippen LogP contribution >= 0.6 is 0 Å². The minimum atomic E-state index is -1.09. The number of carboxylic acids is 1. The van der Waals surface area contributed by atoms with E-state index < -0.39 is 24.1 Å². The van der Waals surface area contributed by atoms with Crippen LogP contribution < -0.4 is 10.6 Å². The summed E-state index contributed by atoms with van der Waals surface area (Å²) in [5, 5.41) is 13.8. The van der Waals surface area contributed by atoms with Crippen LogP contribution in [0.3, 0.4) is 0 Å². The summed E-state index contributed by atoms with van der Waals surface area (Å²) >= 11 is 0. The van der Waals surface area contributed by atoms with Crippen molar-refractivity contribution >= 4 is 17.9 Å². The number of hydrogen-bond acceptors (Lipinski definition) is 3. The molecule has 0 aromatic heterocycles. The molecule has 7 nitrogen and oxygen atoms in total. The summed E-state index contributed by atoms with van der Waals surface area (Å²) in [7, 11) is 3.16. The molecule has 7 heteroatoms. The third-order valence-corrected chi connectivity index (χ3v) is 2.47. The van der Waals surface area contributed by atoms with Gasteiger partial charge in [0.05, 0.1) is 0 Å². The van der Waals surface area contributed by atoms with E-state index in [1.54, 1.807) is 21.0 Å². The molecule has 0 aliphatic rings. The third kappa shape index (κ3) is 6.64. The molecule has 0 saturated heterocycles. The van der Waals surface area contributed by atoms with E-state index in [0.29, 0.717) is 6.42 Å². The predicted molar refractivity (Wildman–Crippen MR) is 70.7 cm³/mol. The number of amides is 3. The molecule has 0 bridgehead atoms. The smallest absolute Gasteiger partial charge is 0.326 e. The fourth-order valence-electron chi connectivity index (χ4n) is 1.54. The van der Waals surface area contributed by atoms with Crippen LogP contribution in [0.4, 0.5) is 4.79 Å². The van der Waals surface area contributed by atoms with Crippen LogP contribution in [0.25, 0.3) is 0 Å². The highest BCUT2D eigenvalue weighted by molar-refractivity contribution is 5.88. The van der Waals surface area contributed by atoms with Gasteiger partial charge in [0.2, 0.25) is 5.91 Å². The van der Waals surface area contributed by atoms with Gasteiger partial charge in [-0.25, -0.2) is 9.59 Å². The molecule has 0 fully saturated rings. The lowest BCUT2D eigenvalue weighted by Crippen LogP contribution is -2.52. The van der Waals surface area contributed by atoms with Crippen LogP contribution in [0.1, 0.15) is 27.2 Å². The summed E-state index contributed by atoms with van der Waals surface area (Å²) < 4.78 is 0. The molecule has 1 unspecified atom stereocenters. The number of likely N-dealkylation sites (N-methyl/N-ethyl adjacent to an activating group) is 1. The molecule has 0 aromatic rings. The summed E-state index contributed by atoms with van der Waals surface area (Å²) in [4.78, 5) is 35.5. The van der Waals surface area contributed by atoms with Crippen molar-refractivity contribution in [2.24, 2.45) is 5.92 Å². The Balaban J connectivity index is 4.42. The first kappa shape index (κ1) is 17.2. The van der Waals surface area contributed by atoms with E-state index in [-0.39, 0.29) is 11.8 Å². The standard InChI is InChI=1S/C12H23N3O4/c1-7(2)6-9(11(17)18)14-12(19)13-8(3)10(16)15(4)5/h7-9H,6H2,1-5H3,(H,17,18)(H2,13,14,19)/t8?,9-/m1/s1. The normalized spacial score (nSPS) is 13.6. The lowest BCUT2D eigenvalue weighted by Gasteiger charge is -2.21. The van der Waals surface area contributed by atoms with Gasteiger partial charge < -0.3 is 20.6 Å². The Morgan fingerprint density at radius 1 is 1.11 bits per heavy atom. The van der Waals surface area contributed by atoms with E-state index in [1.165, 1.54) is 4.90 Å². The van der Waals surface area contributed by atoms with Crippen LogP contribution in [0.2, 0.25) is 0 Å². The van der Waals surface area contributed by atoms with Crippen molar-refractivity contribution in [2.45, 2.75) is 39.3 Å². The number of urea groups is 1. The third-order valence-electron chi connectivity index (χ3n) is 2.47. The van der Waals surface area contributed by atoms with Crippen molar-refractivity contribution in [3.8, 4) is 0 Å². The molecule has 0 spiro atoms. The zero-order valence-corrected chi connectivity index (χ0v) is 12.1. The topological polar surface area (TPSA) is 98.7 Å². The van der Waals surface area contributed by atoms with Gasteiger partial charge in [0, 0.05) is 14.1 Å². The van der Waals surface area contributed by atoms with Crippen molar-refractivity contribution in [3.63, 3.8) is 0 Å². The molecule has 0 aromatic carbocycles. The van der Waals surface area contributed by atoms with Crippen molar-refractivity contribution in [2.75, 3.05) is 14.1 Å². The first-order valence-electron chi connectivity index (χ1n) is 6.16. The fraction of sp³-hybridized carbons (Fsp3) is 0.750. The van der Waals surface area contributed by atoms with Gasteiger partial charge in [-0.05, 0) is 19.3 Å². The van der Waals surface area contributed by atoms with Gasteiger partial charge >= 0.3 is 12.0 Å². The van der Waals surface area contributed by atoms with E-state index in [1.807, 2.05) is 13.8 Å². The summed E-state index contributed by atoms with van der Waals surface area (Å²) in [6.07, 6.45) is 0.332. The van der Waals surface area contributed by atoms with Crippen LogP contribution in [-0.2, 0) is 9.59 Å². The lowest BCUT2D eigenvalue weighted by molar-refractivity contribution is -0.139. The highest BCUT2D eigenvalue weighted by Crippen LogP contribution is 2.04. The molecule has 0 rings (SSSR count). The number of carbonyl (C=O) groups excluding carboxylic acids is 2. The first-order valence-corrected chi connectivity index (χ1v) is 6.16. The Hall–Kier alpha value is -1.79. The molecule has 2 atom stereocenters. The number of nitrogens with zero attached hydrogens (tertiary/aromatic N) is 1. The number of carbonyl (C=O) groups is 3. The summed E-state index contributed by atoms with van der Waals surface area (Å²) in [6, 6.07) is -2.32. The Morgan fingerprint density at radius 3 is 2.00 bits per heavy atom. The zero-order chi connectivity index (χ0) is 15.2. The second kappa shape index (κ2) is 7.60. The van der Waals surface area contributed by atoms with Gasteiger partial charge in [0.25, 0.3) is 0 Å². The second-order valence-electron chi connectivity index (χ2n) is 5.09. The van der Waals surface area contributed by atoms with Crippen LogP contribution in [0.5, 0.6) is 0 Å². The zero-order valence-electron chi connectivity index (χ0n) is 12.1. The van der Waals surface area contributed by atoms with E-state index >= 15 is 0 Å². The molecule has 19 heavy (non-hydrogen) atoms. The van der Waals surface area contributed by atoms with Gasteiger partial charge in [-0.3, -0.25) is 4.79 Å². The lowest BCUT2D eigenvalue weighted by atomic mass is 10.0. The minimum absolute atomic E-state index is 0.141. The average Bonchev–Trinajstić information content (AvgIpc) is 2.25. The molecular formula is C12H23N3O4. The minimum Gasteiger partial charge on any atom is -0.480 e. The Bertz CT molecular complexity index is 342. The highest BCUT2D eigenvalue weighted by atomic mass is 16.4. The molecule has 0 radical (unpaired) electrons. The molecule has 110 valence electrons. The van der Waals surface area contributed by atoms with Crippen LogP contribution in [0.15, 0.2) is 0 Å². The monoisotopic (exact) mass is 273 g/mol. The maximum atomic E-state index is 11.6. The van der Waals surface area contributed by atoms with E-state index in [0.717, 1.165) is 0 Å². The number of hydrogen-bond donors (Lipinski definition) is 3.